The Morgan fingerprint density at radius 2 is 1.86 bits per heavy atom. The molecule has 3 aliphatic rings. The highest BCUT2D eigenvalue weighted by molar-refractivity contribution is 5.89. The first kappa shape index (κ1) is 24.4. The Bertz CT molecular complexity index is 1190. The molecule has 8 nitrogen and oxygen atoms in total. The van der Waals surface area contributed by atoms with Crippen LogP contribution in [0.25, 0.3) is 11.1 Å². The number of nitrogens with zero attached hydrogens (tertiary/aromatic N) is 5. The highest BCUT2D eigenvalue weighted by Gasteiger charge is 2.37. The predicted molar refractivity (Wildman–Crippen MR) is 138 cm³/mol. The number of amides is 2. The molecule has 0 aliphatic carbocycles. The molecule has 8 heteroatoms. The van der Waals surface area contributed by atoms with Gasteiger partial charge in [-0.3, -0.25) is 19.4 Å². The highest BCUT2D eigenvalue weighted by Crippen LogP contribution is 2.27. The quantitative estimate of drug-likeness (QED) is 0.558. The summed E-state index contributed by atoms with van der Waals surface area (Å²) in [6.07, 6.45) is 9.72. The van der Waals surface area contributed by atoms with Gasteiger partial charge in [0.2, 0.25) is 11.8 Å². The molecule has 2 aromatic rings. The minimum absolute atomic E-state index is 0.0113. The minimum atomic E-state index is -0.316. The third kappa shape index (κ3) is 5.00. The van der Waals surface area contributed by atoms with Crippen molar-refractivity contribution in [2.75, 3.05) is 39.3 Å². The van der Waals surface area contributed by atoms with E-state index in [4.69, 9.17) is 0 Å². The number of hydrogen-bond donors (Lipinski definition) is 0. The van der Waals surface area contributed by atoms with Gasteiger partial charge in [0.1, 0.15) is 0 Å². The molecule has 0 aromatic carbocycles. The lowest BCUT2D eigenvalue weighted by atomic mass is 9.98. The number of rotatable bonds is 7. The molecule has 190 valence electrons. The summed E-state index contributed by atoms with van der Waals surface area (Å²) >= 11 is 0. The van der Waals surface area contributed by atoms with Crippen molar-refractivity contribution in [2.45, 2.75) is 45.2 Å². The van der Waals surface area contributed by atoms with Crippen molar-refractivity contribution in [3.05, 3.63) is 64.9 Å². The summed E-state index contributed by atoms with van der Waals surface area (Å²) in [5.41, 5.74) is 3.58. The first-order valence-electron chi connectivity index (χ1n) is 13.1. The second-order valence-corrected chi connectivity index (χ2v) is 10.1. The summed E-state index contributed by atoms with van der Waals surface area (Å²) in [6, 6.07) is 5.69. The van der Waals surface area contributed by atoms with Crippen molar-refractivity contribution < 1.29 is 9.59 Å². The average molecular weight is 490 g/mol. The number of likely N-dealkylation sites (tertiary alicyclic amines) is 2. The van der Waals surface area contributed by atoms with Gasteiger partial charge in [-0.15, -0.1) is 6.58 Å². The summed E-state index contributed by atoms with van der Waals surface area (Å²) in [5, 5.41) is 0. The molecule has 36 heavy (non-hydrogen) atoms. The molecule has 2 aromatic heterocycles. The zero-order chi connectivity index (χ0) is 25.1. The van der Waals surface area contributed by atoms with E-state index >= 15 is 0 Å². The van der Waals surface area contributed by atoms with E-state index in [0.29, 0.717) is 44.7 Å². The Kier molecular flexibility index (Phi) is 7.32. The Balaban J connectivity index is 1.41. The van der Waals surface area contributed by atoms with E-state index in [1.54, 1.807) is 23.4 Å². The Hall–Kier alpha value is -3.26. The zero-order valence-electron chi connectivity index (χ0n) is 20.9. The molecule has 0 saturated carbocycles. The summed E-state index contributed by atoms with van der Waals surface area (Å²) < 4.78 is 1.95. The molecule has 1 unspecified atom stereocenters. The van der Waals surface area contributed by atoms with Gasteiger partial charge in [-0.1, -0.05) is 12.5 Å². The molecule has 3 aliphatic heterocycles. The number of piperidine rings is 1. The fraction of sp³-hybridized carbons (Fsp3) is 0.500. The maximum atomic E-state index is 13.7. The van der Waals surface area contributed by atoms with Gasteiger partial charge in [0.25, 0.3) is 5.56 Å². The number of carbonyl (C=O) groups is 2. The number of fused-ring (bicyclic) bond motifs is 1. The molecular weight excluding hydrogens is 454 g/mol. The van der Waals surface area contributed by atoms with Crippen LogP contribution in [0.3, 0.4) is 0 Å². The first-order chi connectivity index (χ1) is 17.5. The topological polar surface area (TPSA) is 78.8 Å². The van der Waals surface area contributed by atoms with Gasteiger partial charge in [-0.25, -0.2) is 0 Å². The predicted octanol–water partition coefficient (Wildman–Crippen LogP) is 2.32. The Morgan fingerprint density at radius 1 is 1.08 bits per heavy atom. The van der Waals surface area contributed by atoms with Crippen LogP contribution >= 0.6 is 0 Å². The number of pyridine rings is 2. The maximum Gasteiger partial charge on any atom is 0.258 e. The first-order valence-corrected chi connectivity index (χ1v) is 13.1. The molecule has 1 atom stereocenters. The van der Waals surface area contributed by atoms with Crippen LogP contribution in [0.15, 0.2) is 48.0 Å². The molecule has 0 spiro atoms. The van der Waals surface area contributed by atoms with Crippen LogP contribution in [0.4, 0.5) is 0 Å². The maximum absolute atomic E-state index is 13.7. The lowest BCUT2D eigenvalue weighted by molar-refractivity contribution is -0.136. The lowest BCUT2D eigenvalue weighted by Crippen LogP contribution is -2.43. The van der Waals surface area contributed by atoms with Crippen molar-refractivity contribution in [3.63, 3.8) is 0 Å². The number of carbonyl (C=O) groups excluding carboxylic acids is 2. The van der Waals surface area contributed by atoms with Crippen LogP contribution in [0.5, 0.6) is 0 Å². The molecule has 5 heterocycles. The highest BCUT2D eigenvalue weighted by atomic mass is 16.2. The fourth-order valence-corrected chi connectivity index (χ4v) is 5.83. The molecule has 0 radical (unpaired) electrons. The summed E-state index contributed by atoms with van der Waals surface area (Å²) in [7, 11) is 0. The van der Waals surface area contributed by atoms with Crippen LogP contribution in [0.2, 0.25) is 0 Å². The second kappa shape index (κ2) is 10.8. The largest absolute Gasteiger partial charge is 0.338 e. The molecule has 5 rings (SSSR count). The number of aromatic nitrogens is 2. The van der Waals surface area contributed by atoms with Crippen molar-refractivity contribution in [1.82, 2.24) is 24.3 Å². The molecule has 2 fully saturated rings. The van der Waals surface area contributed by atoms with Gasteiger partial charge in [-0.05, 0) is 55.3 Å². The molecular formula is C28H35N5O3. The van der Waals surface area contributed by atoms with Crippen LogP contribution in [-0.4, -0.2) is 75.3 Å². The fourth-order valence-electron chi connectivity index (χ4n) is 5.83. The van der Waals surface area contributed by atoms with Gasteiger partial charge in [0.15, 0.2) is 0 Å². The van der Waals surface area contributed by atoms with E-state index in [1.807, 2.05) is 27.7 Å². The van der Waals surface area contributed by atoms with Crippen LogP contribution in [0, 0.1) is 5.92 Å². The summed E-state index contributed by atoms with van der Waals surface area (Å²) in [6.45, 7) is 9.36. The van der Waals surface area contributed by atoms with Gasteiger partial charge in [0, 0.05) is 75.8 Å². The van der Waals surface area contributed by atoms with E-state index in [1.165, 1.54) is 19.3 Å². The number of hydrogen-bond acceptors (Lipinski definition) is 5. The van der Waals surface area contributed by atoms with Crippen molar-refractivity contribution in [2.24, 2.45) is 5.92 Å². The van der Waals surface area contributed by atoms with Gasteiger partial charge < -0.3 is 19.3 Å². The van der Waals surface area contributed by atoms with E-state index in [2.05, 4.69) is 16.5 Å². The molecule has 2 saturated heterocycles. The summed E-state index contributed by atoms with van der Waals surface area (Å²) in [4.78, 5) is 49.5. The normalized spacial score (nSPS) is 20.4. The monoisotopic (exact) mass is 489 g/mol. The lowest BCUT2D eigenvalue weighted by Gasteiger charge is -2.33. The SMILES string of the molecule is C=CCN1CC(C(=O)N2CCc3c(cc(-c4ccncc4)c(=O)n3CCN3CCCCC3)C2)CC1=O. The zero-order valence-corrected chi connectivity index (χ0v) is 20.9. The second-order valence-electron chi connectivity index (χ2n) is 10.1. The third-order valence-electron chi connectivity index (χ3n) is 7.78. The van der Waals surface area contributed by atoms with Gasteiger partial charge in [-0.2, -0.15) is 0 Å². The standard InChI is InChI=1S/C28H35N5O3/c1-2-11-31-20-23(18-26(31)34)27(35)32-14-8-25-22(19-32)17-24(21-6-9-29-10-7-21)28(36)33(25)16-15-30-12-4-3-5-13-30/h2,6-7,9-10,17,23H,1,3-5,8,11-16,18-20H2. The van der Waals surface area contributed by atoms with Crippen molar-refractivity contribution in [3.8, 4) is 11.1 Å². The molecule has 2 amide bonds. The van der Waals surface area contributed by atoms with Crippen LogP contribution in [0.1, 0.15) is 36.9 Å². The van der Waals surface area contributed by atoms with E-state index in [-0.39, 0.29) is 29.7 Å². The summed E-state index contributed by atoms with van der Waals surface area (Å²) in [5.74, 6) is -0.280. The molecule has 0 N–H and O–H groups in total. The Morgan fingerprint density at radius 3 is 2.61 bits per heavy atom. The van der Waals surface area contributed by atoms with E-state index in [9.17, 15) is 14.4 Å². The third-order valence-corrected chi connectivity index (χ3v) is 7.78. The van der Waals surface area contributed by atoms with Crippen molar-refractivity contribution >= 4 is 11.8 Å². The smallest absolute Gasteiger partial charge is 0.258 e. The van der Waals surface area contributed by atoms with Crippen LogP contribution < -0.4 is 5.56 Å². The minimum Gasteiger partial charge on any atom is -0.338 e. The molecule has 0 bridgehead atoms. The average Bonchev–Trinajstić information content (AvgIpc) is 3.28. The van der Waals surface area contributed by atoms with E-state index < -0.39 is 0 Å². The van der Waals surface area contributed by atoms with Crippen LogP contribution in [-0.2, 0) is 29.1 Å². The van der Waals surface area contributed by atoms with E-state index in [0.717, 1.165) is 36.5 Å². The van der Waals surface area contributed by atoms with Crippen molar-refractivity contribution in [1.29, 1.82) is 0 Å². The van der Waals surface area contributed by atoms with Gasteiger partial charge in [0.05, 0.1) is 5.92 Å². The Labute approximate surface area is 212 Å². The van der Waals surface area contributed by atoms with Gasteiger partial charge >= 0.3 is 0 Å².